The van der Waals surface area contributed by atoms with E-state index in [4.69, 9.17) is 9.15 Å². The second-order valence-corrected chi connectivity index (χ2v) is 5.87. The van der Waals surface area contributed by atoms with Crippen LogP contribution in [0.1, 0.15) is 81.5 Å². The van der Waals surface area contributed by atoms with Gasteiger partial charge in [0.15, 0.2) is 0 Å². The lowest BCUT2D eigenvalue weighted by molar-refractivity contribution is 0.0385. The van der Waals surface area contributed by atoms with Crippen molar-refractivity contribution in [2.24, 2.45) is 5.92 Å². The van der Waals surface area contributed by atoms with Gasteiger partial charge < -0.3 is 9.15 Å². The summed E-state index contributed by atoms with van der Waals surface area (Å²) in [5.74, 6) is 1.21. The summed E-state index contributed by atoms with van der Waals surface area (Å²) in [5.41, 5.74) is 0. The molecule has 1 atom stereocenters. The van der Waals surface area contributed by atoms with Crippen molar-refractivity contribution in [1.29, 1.82) is 0 Å². The van der Waals surface area contributed by atoms with Gasteiger partial charge in [-0.3, -0.25) is 0 Å². The molecular weight excluding hydrogens is 264 g/mol. The summed E-state index contributed by atoms with van der Waals surface area (Å²) in [6.45, 7) is 6.77. The molecule has 0 N–H and O–H groups in total. The molecule has 120 valence electrons. The molecule has 1 heterocycles. The Morgan fingerprint density at radius 3 is 2.43 bits per heavy atom. The third-order valence-electron chi connectivity index (χ3n) is 3.82. The van der Waals surface area contributed by atoms with Crippen LogP contribution >= 0.6 is 0 Å². The third-order valence-corrected chi connectivity index (χ3v) is 3.82. The summed E-state index contributed by atoms with van der Waals surface area (Å²) in [6.07, 6.45) is 9.77. The minimum Gasteiger partial charge on any atom is -0.460 e. The number of rotatable bonds is 11. The molecule has 1 aromatic rings. The zero-order chi connectivity index (χ0) is 15.5. The van der Waals surface area contributed by atoms with E-state index in [0.29, 0.717) is 18.3 Å². The van der Waals surface area contributed by atoms with E-state index in [0.717, 1.165) is 18.6 Å². The Labute approximate surface area is 129 Å². The molecule has 0 aliphatic heterocycles. The lowest BCUT2D eigenvalue weighted by Crippen LogP contribution is -2.14. The quantitative estimate of drug-likeness (QED) is 0.398. The van der Waals surface area contributed by atoms with E-state index in [1.165, 1.54) is 38.5 Å². The average molecular weight is 294 g/mol. The normalized spacial score (nSPS) is 12.3. The molecule has 1 aromatic heterocycles. The fourth-order valence-electron chi connectivity index (χ4n) is 2.47. The molecular formula is C18H30O3. The molecule has 1 unspecified atom stereocenters. The van der Waals surface area contributed by atoms with Crippen molar-refractivity contribution in [3.8, 4) is 0 Å². The van der Waals surface area contributed by atoms with Gasteiger partial charge in [-0.2, -0.15) is 0 Å². The van der Waals surface area contributed by atoms with Gasteiger partial charge in [-0.1, -0.05) is 52.4 Å². The highest BCUT2D eigenvalue weighted by Gasteiger charge is 2.15. The maximum absolute atomic E-state index is 11.9. The average Bonchev–Trinajstić information content (AvgIpc) is 2.92. The second kappa shape index (κ2) is 10.5. The van der Waals surface area contributed by atoms with E-state index in [-0.39, 0.29) is 5.97 Å². The number of furan rings is 1. The number of aryl methyl sites for hydroxylation is 1. The highest BCUT2D eigenvalue weighted by molar-refractivity contribution is 5.86. The molecule has 0 saturated carbocycles. The van der Waals surface area contributed by atoms with Crippen LogP contribution in [-0.2, 0) is 4.74 Å². The smallest absolute Gasteiger partial charge is 0.374 e. The third kappa shape index (κ3) is 7.35. The van der Waals surface area contributed by atoms with E-state index in [9.17, 15) is 4.79 Å². The van der Waals surface area contributed by atoms with Crippen LogP contribution < -0.4 is 0 Å². The molecule has 0 saturated heterocycles. The molecule has 3 heteroatoms. The van der Waals surface area contributed by atoms with Gasteiger partial charge in [0.1, 0.15) is 5.76 Å². The fraction of sp³-hybridized carbons (Fsp3) is 0.722. The van der Waals surface area contributed by atoms with Gasteiger partial charge in [0.2, 0.25) is 5.76 Å². The van der Waals surface area contributed by atoms with Crippen molar-refractivity contribution in [1.82, 2.24) is 0 Å². The van der Waals surface area contributed by atoms with Crippen LogP contribution in [0.3, 0.4) is 0 Å². The van der Waals surface area contributed by atoms with Gasteiger partial charge in [-0.15, -0.1) is 0 Å². The van der Waals surface area contributed by atoms with E-state index >= 15 is 0 Å². The summed E-state index contributed by atoms with van der Waals surface area (Å²) in [7, 11) is 0. The van der Waals surface area contributed by atoms with Crippen molar-refractivity contribution >= 4 is 5.97 Å². The number of ether oxygens (including phenoxy) is 1. The number of unbranched alkanes of at least 4 members (excludes halogenated alkanes) is 4. The monoisotopic (exact) mass is 294 g/mol. The molecule has 0 aliphatic rings. The SMILES string of the molecule is CCCCCCC(CCCC)COC(=O)c1ccc(C)o1. The zero-order valence-electron chi connectivity index (χ0n) is 13.8. The molecule has 0 spiro atoms. The van der Waals surface area contributed by atoms with Crippen LogP contribution in [0.25, 0.3) is 0 Å². The van der Waals surface area contributed by atoms with Crippen LogP contribution in [-0.4, -0.2) is 12.6 Å². The maximum atomic E-state index is 11.9. The minimum atomic E-state index is -0.335. The summed E-state index contributed by atoms with van der Waals surface area (Å²) in [4.78, 5) is 11.9. The van der Waals surface area contributed by atoms with E-state index < -0.39 is 0 Å². The van der Waals surface area contributed by atoms with Gasteiger partial charge in [-0.05, 0) is 37.8 Å². The highest BCUT2D eigenvalue weighted by atomic mass is 16.5. The Bertz CT molecular complexity index is 395. The molecule has 0 aromatic carbocycles. The number of hydrogen-bond donors (Lipinski definition) is 0. The van der Waals surface area contributed by atoms with Crippen LogP contribution in [0.15, 0.2) is 16.5 Å². The summed E-state index contributed by atoms with van der Waals surface area (Å²) < 4.78 is 10.7. The summed E-state index contributed by atoms with van der Waals surface area (Å²) in [6, 6.07) is 3.47. The molecule has 21 heavy (non-hydrogen) atoms. The first kappa shape index (κ1) is 17.8. The predicted molar refractivity (Wildman–Crippen MR) is 85.5 cm³/mol. The lowest BCUT2D eigenvalue weighted by atomic mass is 9.96. The molecule has 0 radical (unpaired) electrons. The molecule has 0 fully saturated rings. The van der Waals surface area contributed by atoms with Gasteiger partial charge in [0.25, 0.3) is 0 Å². The molecule has 0 bridgehead atoms. The topological polar surface area (TPSA) is 39.4 Å². The van der Waals surface area contributed by atoms with Crippen LogP contribution in [0.4, 0.5) is 0 Å². The van der Waals surface area contributed by atoms with E-state index in [2.05, 4.69) is 13.8 Å². The highest BCUT2D eigenvalue weighted by Crippen LogP contribution is 2.19. The van der Waals surface area contributed by atoms with Crippen LogP contribution in [0, 0.1) is 12.8 Å². The van der Waals surface area contributed by atoms with Crippen molar-refractivity contribution < 1.29 is 13.9 Å². The number of carbonyl (C=O) groups is 1. The Hall–Kier alpha value is -1.25. The number of esters is 1. The fourth-order valence-corrected chi connectivity index (χ4v) is 2.47. The van der Waals surface area contributed by atoms with Crippen LogP contribution in [0.2, 0.25) is 0 Å². The summed E-state index contributed by atoms with van der Waals surface area (Å²) >= 11 is 0. The predicted octanol–water partition coefficient (Wildman–Crippen LogP) is 5.52. The van der Waals surface area contributed by atoms with Crippen LogP contribution in [0.5, 0.6) is 0 Å². The Kier molecular flexibility index (Phi) is 8.88. The first-order chi connectivity index (χ1) is 10.2. The van der Waals surface area contributed by atoms with Crippen molar-refractivity contribution in [3.05, 3.63) is 23.7 Å². The first-order valence-electron chi connectivity index (χ1n) is 8.40. The Balaban J connectivity index is 2.35. The molecule has 0 aliphatic carbocycles. The maximum Gasteiger partial charge on any atom is 0.374 e. The summed E-state index contributed by atoms with van der Waals surface area (Å²) in [5, 5.41) is 0. The van der Waals surface area contributed by atoms with Gasteiger partial charge >= 0.3 is 5.97 Å². The number of hydrogen-bond acceptors (Lipinski definition) is 3. The van der Waals surface area contributed by atoms with E-state index in [1.54, 1.807) is 12.1 Å². The standard InChI is InChI=1S/C18H30O3/c1-4-6-8-9-11-16(10-7-5-2)14-20-18(19)17-13-12-15(3)21-17/h12-13,16H,4-11,14H2,1-3H3. The lowest BCUT2D eigenvalue weighted by Gasteiger charge is -2.16. The first-order valence-corrected chi connectivity index (χ1v) is 8.40. The molecule has 3 nitrogen and oxygen atoms in total. The molecule has 0 amide bonds. The van der Waals surface area contributed by atoms with Crippen molar-refractivity contribution in [2.45, 2.75) is 72.1 Å². The van der Waals surface area contributed by atoms with Gasteiger partial charge in [0.05, 0.1) is 6.61 Å². The Morgan fingerprint density at radius 2 is 1.81 bits per heavy atom. The van der Waals surface area contributed by atoms with Crippen molar-refractivity contribution in [2.75, 3.05) is 6.61 Å². The largest absolute Gasteiger partial charge is 0.460 e. The van der Waals surface area contributed by atoms with E-state index in [1.807, 2.05) is 6.92 Å². The minimum absolute atomic E-state index is 0.313. The molecule has 1 rings (SSSR count). The Morgan fingerprint density at radius 1 is 1.10 bits per heavy atom. The van der Waals surface area contributed by atoms with Gasteiger partial charge in [0, 0.05) is 0 Å². The van der Waals surface area contributed by atoms with Crippen molar-refractivity contribution in [3.63, 3.8) is 0 Å². The number of carbonyl (C=O) groups excluding carboxylic acids is 1. The zero-order valence-corrected chi connectivity index (χ0v) is 13.8. The van der Waals surface area contributed by atoms with Gasteiger partial charge in [-0.25, -0.2) is 4.79 Å². The second-order valence-electron chi connectivity index (χ2n) is 5.87.